The molecule has 2 aromatic rings. The van der Waals surface area contributed by atoms with E-state index in [1.165, 1.54) is 12.1 Å². The number of thiol groups is 1. The van der Waals surface area contributed by atoms with Gasteiger partial charge in [0.15, 0.2) is 0 Å². The molecule has 98 valence electrons. The van der Waals surface area contributed by atoms with Crippen LogP contribution < -0.4 is 5.32 Å². The van der Waals surface area contributed by atoms with Gasteiger partial charge in [0, 0.05) is 0 Å². The zero-order valence-electron chi connectivity index (χ0n) is 9.97. The summed E-state index contributed by atoms with van der Waals surface area (Å²) in [6.45, 7) is 0.157. The summed E-state index contributed by atoms with van der Waals surface area (Å²) in [6, 6.07) is 13.6. The minimum Gasteiger partial charge on any atom is -0.444 e. The van der Waals surface area contributed by atoms with Crippen LogP contribution in [0.25, 0.3) is 0 Å². The second-order valence-electron chi connectivity index (χ2n) is 3.82. The number of ether oxygens (including phenoxy) is 1. The standard InChI is InChI=1S/C14H12FNO2S/c15-11-7-4-8-12(13(11)19)16-14(17)18-9-10-5-2-1-3-6-10/h1-8,19H,9H2,(H,16,17). The molecule has 1 N–H and O–H groups in total. The van der Waals surface area contributed by atoms with Gasteiger partial charge in [-0.2, -0.15) is 0 Å². The highest BCUT2D eigenvalue weighted by molar-refractivity contribution is 7.80. The van der Waals surface area contributed by atoms with Crippen LogP contribution in [0.1, 0.15) is 5.56 Å². The van der Waals surface area contributed by atoms with Crippen molar-refractivity contribution in [2.45, 2.75) is 11.5 Å². The van der Waals surface area contributed by atoms with Crippen LogP contribution in [0.4, 0.5) is 14.9 Å². The Bertz CT molecular complexity index is 575. The van der Waals surface area contributed by atoms with Crippen LogP contribution in [0, 0.1) is 5.82 Å². The van der Waals surface area contributed by atoms with Crippen molar-refractivity contribution in [2.75, 3.05) is 5.32 Å². The van der Waals surface area contributed by atoms with E-state index in [0.29, 0.717) is 0 Å². The first-order chi connectivity index (χ1) is 9.16. The van der Waals surface area contributed by atoms with E-state index in [9.17, 15) is 9.18 Å². The molecule has 0 unspecified atom stereocenters. The smallest absolute Gasteiger partial charge is 0.411 e. The van der Waals surface area contributed by atoms with Gasteiger partial charge < -0.3 is 4.74 Å². The van der Waals surface area contributed by atoms with Gasteiger partial charge >= 0.3 is 6.09 Å². The molecule has 0 saturated heterocycles. The van der Waals surface area contributed by atoms with Gasteiger partial charge in [-0.25, -0.2) is 9.18 Å². The molecule has 0 atom stereocenters. The topological polar surface area (TPSA) is 38.3 Å². The number of anilines is 1. The summed E-state index contributed by atoms with van der Waals surface area (Å²) < 4.78 is 18.2. The average Bonchev–Trinajstić information content (AvgIpc) is 2.43. The van der Waals surface area contributed by atoms with Crippen LogP contribution in [0.2, 0.25) is 0 Å². The largest absolute Gasteiger partial charge is 0.444 e. The Hall–Kier alpha value is -2.01. The van der Waals surface area contributed by atoms with Crippen LogP contribution in [0.5, 0.6) is 0 Å². The number of carbonyl (C=O) groups excluding carboxylic acids is 1. The molecule has 0 aromatic heterocycles. The first kappa shape index (κ1) is 13.4. The zero-order valence-corrected chi connectivity index (χ0v) is 10.9. The Labute approximate surface area is 115 Å². The highest BCUT2D eigenvalue weighted by Gasteiger charge is 2.08. The van der Waals surface area contributed by atoms with Crippen molar-refractivity contribution in [1.29, 1.82) is 0 Å². The third kappa shape index (κ3) is 3.72. The van der Waals surface area contributed by atoms with Crippen molar-refractivity contribution >= 4 is 24.4 Å². The van der Waals surface area contributed by atoms with Gasteiger partial charge in [-0.3, -0.25) is 5.32 Å². The lowest BCUT2D eigenvalue weighted by Crippen LogP contribution is -2.14. The van der Waals surface area contributed by atoms with Gasteiger partial charge in [0.25, 0.3) is 0 Å². The molecule has 0 radical (unpaired) electrons. The number of halogens is 1. The Kier molecular flexibility index (Phi) is 4.41. The third-order valence-electron chi connectivity index (χ3n) is 2.44. The maximum Gasteiger partial charge on any atom is 0.411 e. The molecule has 0 heterocycles. The summed E-state index contributed by atoms with van der Waals surface area (Å²) in [7, 11) is 0. The Morgan fingerprint density at radius 3 is 2.63 bits per heavy atom. The van der Waals surface area contributed by atoms with E-state index < -0.39 is 11.9 Å². The minimum absolute atomic E-state index is 0.0826. The molecule has 2 rings (SSSR count). The van der Waals surface area contributed by atoms with Crippen LogP contribution in [-0.2, 0) is 11.3 Å². The first-order valence-electron chi connectivity index (χ1n) is 5.62. The van der Waals surface area contributed by atoms with E-state index >= 15 is 0 Å². The summed E-state index contributed by atoms with van der Waals surface area (Å²) >= 11 is 3.98. The van der Waals surface area contributed by atoms with Gasteiger partial charge in [-0.1, -0.05) is 36.4 Å². The molecule has 19 heavy (non-hydrogen) atoms. The number of nitrogens with one attached hydrogen (secondary N) is 1. The van der Waals surface area contributed by atoms with Crippen LogP contribution in [0.3, 0.4) is 0 Å². The monoisotopic (exact) mass is 277 g/mol. The lowest BCUT2D eigenvalue weighted by molar-refractivity contribution is 0.155. The fourth-order valence-corrected chi connectivity index (χ4v) is 1.69. The highest BCUT2D eigenvalue weighted by atomic mass is 32.1. The van der Waals surface area contributed by atoms with Gasteiger partial charge in [0.2, 0.25) is 0 Å². The van der Waals surface area contributed by atoms with Crippen molar-refractivity contribution in [2.24, 2.45) is 0 Å². The summed E-state index contributed by atoms with van der Waals surface area (Å²) in [5.74, 6) is -0.496. The molecule has 0 spiro atoms. The van der Waals surface area contributed by atoms with Crippen molar-refractivity contribution in [3.05, 3.63) is 59.9 Å². The molecule has 5 heteroatoms. The van der Waals surface area contributed by atoms with Crippen LogP contribution >= 0.6 is 12.6 Å². The van der Waals surface area contributed by atoms with Crippen LogP contribution in [0.15, 0.2) is 53.4 Å². The van der Waals surface area contributed by atoms with E-state index in [-0.39, 0.29) is 17.2 Å². The van der Waals surface area contributed by atoms with Crippen molar-refractivity contribution in [3.63, 3.8) is 0 Å². The molecule has 0 aliphatic heterocycles. The second kappa shape index (κ2) is 6.24. The highest BCUT2D eigenvalue weighted by Crippen LogP contribution is 2.22. The number of carbonyl (C=O) groups is 1. The Morgan fingerprint density at radius 2 is 1.89 bits per heavy atom. The average molecular weight is 277 g/mol. The predicted octanol–water partition coefficient (Wildman–Crippen LogP) is 3.86. The van der Waals surface area contributed by atoms with E-state index in [2.05, 4.69) is 17.9 Å². The number of benzene rings is 2. The normalized spacial score (nSPS) is 10.0. The quantitative estimate of drug-likeness (QED) is 0.836. The van der Waals surface area contributed by atoms with E-state index in [0.717, 1.165) is 5.56 Å². The van der Waals surface area contributed by atoms with Crippen molar-refractivity contribution in [1.82, 2.24) is 0 Å². The first-order valence-corrected chi connectivity index (χ1v) is 6.06. The molecular weight excluding hydrogens is 265 g/mol. The maximum absolute atomic E-state index is 13.2. The molecular formula is C14H12FNO2S. The van der Waals surface area contributed by atoms with Crippen molar-refractivity contribution < 1.29 is 13.9 Å². The molecule has 0 fully saturated rings. The summed E-state index contributed by atoms with van der Waals surface area (Å²) in [5, 5.41) is 2.44. The molecule has 0 aliphatic carbocycles. The van der Waals surface area contributed by atoms with Gasteiger partial charge in [-0.15, -0.1) is 12.6 Å². The van der Waals surface area contributed by atoms with E-state index in [1.807, 2.05) is 30.3 Å². The van der Waals surface area contributed by atoms with Gasteiger partial charge in [0.05, 0.1) is 10.6 Å². The minimum atomic E-state index is -0.648. The third-order valence-corrected chi connectivity index (χ3v) is 2.89. The number of hydrogen-bond donors (Lipinski definition) is 2. The summed E-state index contributed by atoms with van der Waals surface area (Å²) in [6.07, 6.45) is -0.648. The zero-order chi connectivity index (χ0) is 13.7. The lowest BCUT2D eigenvalue weighted by Gasteiger charge is -2.09. The predicted molar refractivity (Wildman–Crippen MR) is 73.9 cm³/mol. The molecule has 3 nitrogen and oxygen atoms in total. The van der Waals surface area contributed by atoms with Crippen molar-refractivity contribution in [3.8, 4) is 0 Å². The Balaban J connectivity index is 1.93. The fraction of sp³-hybridized carbons (Fsp3) is 0.0714. The number of hydrogen-bond acceptors (Lipinski definition) is 3. The summed E-state index contributed by atoms with van der Waals surface area (Å²) in [5.41, 5.74) is 1.16. The molecule has 0 saturated carbocycles. The van der Waals surface area contributed by atoms with E-state index in [4.69, 9.17) is 4.74 Å². The molecule has 2 aromatic carbocycles. The molecule has 1 amide bonds. The lowest BCUT2D eigenvalue weighted by atomic mass is 10.2. The summed E-state index contributed by atoms with van der Waals surface area (Å²) in [4.78, 5) is 11.6. The molecule has 0 bridgehead atoms. The van der Waals surface area contributed by atoms with E-state index in [1.54, 1.807) is 6.07 Å². The SMILES string of the molecule is O=C(Nc1cccc(F)c1S)OCc1ccccc1. The Morgan fingerprint density at radius 1 is 1.16 bits per heavy atom. The van der Waals surface area contributed by atoms with Crippen LogP contribution in [-0.4, -0.2) is 6.09 Å². The molecule has 0 aliphatic rings. The number of rotatable bonds is 3. The fourth-order valence-electron chi connectivity index (χ4n) is 1.49. The van der Waals surface area contributed by atoms with Gasteiger partial charge in [0.1, 0.15) is 12.4 Å². The maximum atomic E-state index is 13.2. The number of amides is 1. The van der Waals surface area contributed by atoms with Gasteiger partial charge in [-0.05, 0) is 17.7 Å². The second-order valence-corrected chi connectivity index (χ2v) is 4.27.